The molecule has 1 amide bonds. The Bertz CT molecular complexity index is 629. The molecule has 0 aromatic heterocycles. The van der Waals surface area contributed by atoms with E-state index in [-0.39, 0.29) is 24.0 Å². The summed E-state index contributed by atoms with van der Waals surface area (Å²) in [6.45, 7) is 1.25. The zero-order valence-electron chi connectivity index (χ0n) is 13.7. The van der Waals surface area contributed by atoms with Gasteiger partial charge in [0.2, 0.25) is 5.91 Å². The number of carboxylic acids is 1. The molecule has 130 valence electrons. The number of likely N-dealkylation sites (tertiary alicyclic amines) is 1. The molecule has 0 bridgehead atoms. The van der Waals surface area contributed by atoms with E-state index in [2.05, 4.69) is 0 Å². The molecule has 1 aliphatic heterocycles. The minimum atomic E-state index is -0.806. The van der Waals surface area contributed by atoms with Gasteiger partial charge in [-0.3, -0.25) is 9.59 Å². The third-order valence-electron chi connectivity index (χ3n) is 4.19. The summed E-state index contributed by atoms with van der Waals surface area (Å²) < 4.78 is 18.5. The van der Waals surface area contributed by atoms with Crippen molar-refractivity contribution in [1.29, 1.82) is 0 Å². The van der Waals surface area contributed by atoms with E-state index >= 15 is 0 Å². The van der Waals surface area contributed by atoms with Gasteiger partial charge in [-0.15, -0.1) is 0 Å². The van der Waals surface area contributed by atoms with Crippen molar-refractivity contribution in [2.24, 2.45) is 5.92 Å². The fourth-order valence-electron chi connectivity index (χ4n) is 2.89. The van der Waals surface area contributed by atoms with Gasteiger partial charge >= 0.3 is 5.97 Å². The molecular formula is C18H22FNO4. The summed E-state index contributed by atoms with van der Waals surface area (Å²) in [6, 6.07) is 4.51. The summed E-state index contributed by atoms with van der Waals surface area (Å²) >= 11 is 0. The van der Waals surface area contributed by atoms with Gasteiger partial charge in [-0.25, -0.2) is 4.39 Å². The van der Waals surface area contributed by atoms with Gasteiger partial charge in [0.05, 0.1) is 7.11 Å². The second-order valence-corrected chi connectivity index (χ2v) is 5.95. The Morgan fingerprint density at radius 2 is 2.25 bits per heavy atom. The number of rotatable bonds is 6. The SMILES string of the molecule is COc1ccc(/C=C/C(=O)N2CCCC(CCC(=O)O)C2)cc1F. The third-order valence-corrected chi connectivity index (χ3v) is 4.19. The van der Waals surface area contributed by atoms with Crippen molar-refractivity contribution in [2.75, 3.05) is 20.2 Å². The first kappa shape index (κ1) is 18.0. The topological polar surface area (TPSA) is 66.8 Å². The predicted molar refractivity (Wildman–Crippen MR) is 88.2 cm³/mol. The number of hydrogen-bond acceptors (Lipinski definition) is 3. The maximum Gasteiger partial charge on any atom is 0.303 e. The lowest BCUT2D eigenvalue weighted by Crippen LogP contribution is -2.39. The minimum Gasteiger partial charge on any atom is -0.494 e. The summed E-state index contributed by atoms with van der Waals surface area (Å²) in [5.41, 5.74) is 0.584. The van der Waals surface area contributed by atoms with Crippen LogP contribution in [-0.4, -0.2) is 42.1 Å². The number of hydrogen-bond donors (Lipinski definition) is 1. The van der Waals surface area contributed by atoms with Crippen molar-refractivity contribution >= 4 is 18.0 Å². The number of aliphatic carboxylic acids is 1. The monoisotopic (exact) mass is 335 g/mol. The van der Waals surface area contributed by atoms with E-state index in [1.165, 1.54) is 25.3 Å². The molecule has 1 aromatic rings. The smallest absolute Gasteiger partial charge is 0.303 e. The first-order valence-electron chi connectivity index (χ1n) is 8.02. The number of nitrogens with zero attached hydrogens (tertiary/aromatic N) is 1. The summed E-state index contributed by atoms with van der Waals surface area (Å²) in [7, 11) is 1.40. The van der Waals surface area contributed by atoms with Crippen LogP contribution in [0.1, 0.15) is 31.2 Å². The zero-order chi connectivity index (χ0) is 17.5. The summed E-state index contributed by atoms with van der Waals surface area (Å²) in [5, 5.41) is 8.76. The lowest BCUT2D eigenvalue weighted by atomic mass is 9.93. The van der Waals surface area contributed by atoms with E-state index in [4.69, 9.17) is 9.84 Å². The summed E-state index contributed by atoms with van der Waals surface area (Å²) in [4.78, 5) is 24.7. The molecule has 1 atom stereocenters. The molecule has 0 spiro atoms. The van der Waals surface area contributed by atoms with Gasteiger partial charge < -0.3 is 14.7 Å². The minimum absolute atomic E-state index is 0.133. The van der Waals surface area contributed by atoms with Crippen molar-refractivity contribution < 1.29 is 23.8 Å². The predicted octanol–water partition coefficient (Wildman–Crippen LogP) is 2.95. The number of halogens is 1. The van der Waals surface area contributed by atoms with Crippen molar-refractivity contribution in [3.8, 4) is 5.75 Å². The van der Waals surface area contributed by atoms with Gasteiger partial charge in [0.1, 0.15) is 0 Å². The fraction of sp³-hybridized carbons (Fsp3) is 0.444. The highest BCUT2D eigenvalue weighted by Crippen LogP contribution is 2.22. The van der Waals surface area contributed by atoms with Crippen LogP contribution in [0, 0.1) is 11.7 Å². The van der Waals surface area contributed by atoms with E-state index in [9.17, 15) is 14.0 Å². The first-order valence-corrected chi connectivity index (χ1v) is 8.02. The van der Waals surface area contributed by atoms with Crippen molar-refractivity contribution in [3.05, 3.63) is 35.7 Å². The number of piperidine rings is 1. The maximum absolute atomic E-state index is 13.6. The molecule has 5 nitrogen and oxygen atoms in total. The number of ether oxygens (including phenoxy) is 1. The second-order valence-electron chi connectivity index (χ2n) is 5.95. The molecule has 6 heteroatoms. The van der Waals surface area contributed by atoms with E-state index in [0.717, 1.165) is 12.8 Å². The molecule has 0 radical (unpaired) electrons. The quantitative estimate of drug-likeness (QED) is 0.812. The molecule has 2 rings (SSSR count). The number of carboxylic acid groups (broad SMARTS) is 1. The van der Waals surface area contributed by atoms with Gasteiger partial charge in [-0.1, -0.05) is 6.07 Å². The van der Waals surface area contributed by atoms with Crippen molar-refractivity contribution in [3.63, 3.8) is 0 Å². The number of amides is 1. The maximum atomic E-state index is 13.6. The van der Waals surface area contributed by atoms with E-state index in [1.54, 1.807) is 17.0 Å². The molecule has 1 saturated heterocycles. The number of methoxy groups -OCH3 is 1. The van der Waals surface area contributed by atoms with Crippen LogP contribution in [0.3, 0.4) is 0 Å². The van der Waals surface area contributed by atoms with Crippen LogP contribution < -0.4 is 4.74 Å². The lowest BCUT2D eigenvalue weighted by Gasteiger charge is -2.32. The average molecular weight is 335 g/mol. The molecule has 1 fully saturated rings. The Morgan fingerprint density at radius 1 is 1.46 bits per heavy atom. The Hall–Kier alpha value is -2.37. The molecule has 1 aromatic carbocycles. The van der Waals surface area contributed by atoms with Crippen LogP contribution in [0.15, 0.2) is 24.3 Å². The Kier molecular flexibility index (Phi) is 6.35. The summed E-state index contributed by atoms with van der Waals surface area (Å²) in [6.07, 6.45) is 5.55. The van der Waals surface area contributed by atoms with Crippen molar-refractivity contribution in [2.45, 2.75) is 25.7 Å². The van der Waals surface area contributed by atoms with Gasteiger partial charge in [-0.05, 0) is 49.0 Å². The highest BCUT2D eigenvalue weighted by Gasteiger charge is 2.22. The number of benzene rings is 1. The van der Waals surface area contributed by atoms with Crippen LogP contribution in [0.5, 0.6) is 5.75 Å². The normalized spacial score (nSPS) is 17.9. The van der Waals surface area contributed by atoms with E-state index < -0.39 is 11.8 Å². The third kappa shape index (κ3) is 5.08. The molecule has 1 aliphatic rings. The first-order chi connectivity index (χ1) is 11.5. The lowest BCUT2D eigenvalue weighted by molar-refractivity contribution is -0.137. The molecule has 1 N–H and O–H groups in total. The largest absolute Gasteiger partial charge is 0.494 e. The average Bonchev–Trinajstić information content (AvgIpc) is 2.58. The highest BCUT2D eigenvalue weighted by atomic mass is 19.1. The van der Waals surface area contributed by atoms with Crippen molar-refractivity contribution in [1.82, 2.24) is 4.90 Å². The van der Waals surface area contributed by atoms with Gasteiger partial charge in [0.15, 0.2) is 11.6 Å². The highest BCUT2D eigenvalue weighted by molar-refractivity contribution is 5.91. The van der Waals surface area contributed by atoms with Gasteiger partial charge in [0.25, 0.3) is 0 Å². The van der Waals surface area contributed by atoms with Crippen LogP contribution in [0.4, 0.5) is 4.39 Å². The van der Waals surface area contributed by atoms with Crippen LogP contribution >= 0.6 is 0 Å². The molecule has 24 heavy (non-hydrogen) atoms. The van der Waals surface area contributed by atoms with E-state index in [1.807, 2.05) is 0 Å². The molecular weight excluding hydrogens is 313 g/mol. The van der Waals surface area contributed by atoms with Crippen LogP contribution in [0.25, 0.3) is 6.08 Å². The Morgan fingerprint density at radius 3 is 2.92 bits per heavy atom. The number of carbonyl (C=O) groups excluding carboxylic acids is 1. The molecule has 0 saturated carbocycles. The molecule has 0 aliphatic carbocycles. The second kappa shape index (κ2) is 8.47. The van der Waals surface area contributed by atoms with Gasteiger partial charge in [0, 0.05) is 25.6 Å². The number of carbonyl (C=O) groups is 2. The summed E-state index contributed by atoms with van der Waals surface area (Å²) in [5.74, 6) is -1.02. The molecule has 1 unspecified atom stereocenters. The van der Waals surface area contributed by atoms with Gasteiger partial charge in [-0.2, -0.15) is 0 Å². The molecule has 1 heterocycles. The Balaban J connectivity index is 1.93. The standard InChI is InChI=1S/C18H22FNO4/c1-24-16-7-4-13(11-15(16)19)5-8-17(21)20-10-2-3-14(12-20)6-9-18(22)23/h4-5,7-8,11,14H,2-3,6,9-10,12H2,1H3,(H,22,23)/b8-5+. The fourth-order valence-corrected chi connectivity index (χ4v) is 2.89. The van der Waals surface area contributed by atoms with Crippen LogP contribution in [-0.2, 0) is 9.59 Å². The zero-order valence-corrected chi connectivity index (χ0v) is 13.7. The Labute approximate surface area is 140 Å². The van der Waals surface area contributed by atoms with Crippen LogP contribution in [0.2, 0.25) is 0 Å². The van der Waals surface area contributed by atoms with E-state index in [0.29, 0.717) is 25.1 Å².